The summed E-state index contributed by atoms with van der Waals surface area (Å²) in [5.41, 5.74) is 0. The number of carbonyl (C=O) groups excluding carboxylic acids is 1. The van der Waals surface area contributed by atoms with Crippen LogP contribution in [0.5, 0.6) is 5.88 Å². The first kappa shape index (κ1) is 16.9. The molecule has 1 N–H and O–H groups in total. The Morgan fingerprint density at radius 1 is 1.28 bits per heavy atom. The van der Waals surface area contributed by atoms with Gasteiger partial charge in [0.25, 0.3) is 0 Å². The first-order valence-electron chi connectivity index (χ1n) is 8.25. The number of ether oxygens (including phenoxy) is 1. The van der Waals surface area contributed by atoms with E-state index in [-0.39, 0.29) is 6.03 Å². The molecule has 0 saturated carbocycles. The lowest BCUT2D eigenvalue weighted by molar-refractivity contribution is 0.193. The molecule has 3 rings (SSSR count). The molecule has 1 aliphatic heterocycles. The number of hydrogen-bond acceptors (Lipinski definition) is 7. The van der Waals surface area contributed by atoms with Crippen molar-refractivity contribution in [1.82, 2.24) is 35.2 Å². The molecule has 10 heteroatoms. The SMILES string of the molecule is COc1ccnc(N2CCN(C(=O)NCCCn3ccnn3)CC2)n1. The van der Waals surface area contributed by atoms with E-state index >= 15 is 0 Å². The van der Waals surface area contributed by atoms with Gasteiger partial charge in [-0.2, -0.15) is 4.98 Å². The van der Waals surface area contributed by atoms with Crippen molar-refractivity contribution in [2.75, 3.05) is 44.7 Å². The summed E-state index contributed by atoms with van der Waals surface area (Å²) in [6.45, 7) is 4.00. The van der Waals surface area contributed by atoms with Crippen LogP contribution >= 0.6 is 0 Å². The van der Waals surface area contributed by atoms with E-state index in [1.165, 1.54) is 0 Å². The molecule has 2 aromatic heterocycles. The molecule has 3 heterocycles. The highest BCUT2D eigenvalue weighted by molar-refractivity contribution is 5.74. The van der Waals surface area contributed by atoms with Crippen LogP contribution in [0, 0.1) is 0 Å². The van der Waals surface area contributed by atoms with Gasteiger partial charge in [-0.25, -0.2) is 9.78 Å². The molecule has 1 saturated heterocycles. The lowest BCUT2D eigenvalue weighted by Gasteiger charge is -2.34. The summed E-state index contributed by atoms with van der Waals surface area (Å²) in [5, 5.41) is 10.6. The molecule has 10 nitrogen and oxygen atoms in total. The molecule has 0 spiro atoms. The van der Waals surface area contributed by atoms with Crippen molar-refractivity contribution in [2.45, 2.75) is 13.0 Å². The minimum Gasteiger partial charge on any atom is -0.481 e. The molecular weight excluding hydrogens is 324 g/mol. The Labute approximate surface area is 145 Å². The van der Waals surface area contributed by atoms with Crippen LogP contribution in [0.2, 0.25) is 0 Å². The lowest BCUT2D eigenvalue weighted by Crippen LogP contribution is -2.52. The van der Waals surface area contributed by atoms with Crippen LogP contribution in [0.4, 0.5) is 10.7 Å². The fourth-order valence-corrected chi connectivity index (χ4v) is 2.61. The van der Waals surface area contributed by atoms with Gasteiger partial charge < -0.3 is 19.9 Å². The largest absolute Gasteiger partial charge is 0.481 e. The molecule has 2 amide bonds. The summed E-state index contributed by atoms with van der Waals surface area (Å²) < 4.78 is 6.87. The normalized spacial score (nSPS) is 14.4. The summed E-state index contributed by atoms with van der Waals surface area (Å²) in [4.78, 5) is 24.7. The predicted molar refractivity (Wildman–Crippen MR) is 90.4 cm³/mol. The van der Waals surface area contributed by atoms with E-state index in [4.69, 9.17) is 4.74 Å². The second kappa shape index (κ2) is 8.27. The molecule has 0 aliphatic carbocycles. The zero-order chi connectivity index (χ0) is 17.5. The summed E-state index contributed by atoms with van der Waals surface area (Å²) in [6.07, 6.45) is 5.94. The van der Waals surface area contributed by atoms with Crippen molar-refractivity contribution in [1.29, 1.82) is 0 Å². The highest BCUT2D eigenvalue weighted by Crippen LogP contribution is 2.14. The fourth-order valence-electron chi connectivity index (χ4n) is 2.61. The minimum atomic E-state index is -0.0372. The van der Waals surface area contributed by atoms with Crippen molar-refractivity contribution in [3.63, 3.8) is 0 Å². The van der Waals surface area contributed by atoms with Crippen LogP contribution < -0.4 is 15.0 Å². The summed E-state index contributed by atoms with van der Waals surface area (Å²) in [5.74, 6) is 1.17. The number of nitrogens with one attached hydrogen (secondary N) is 1. The Balaban J connectivity index is 1.39. The van der Waals surface area contributed by atoms with Crippen LogP contribution in [0.3, 0.4) is 0 Å². The molecule has 0 radical (unpaired) electrons. The average molecular weight is 346 g/mol. The van der Waals surface area contributed by atoms with Crippen molar-refractivity contribution in [2.24, 2.45) is 0 Å². The number of piperazine rings is 1. The molecule has 0 bridgehead atoms. The standard InChI is InChI=1S/C15H22N8O2/c1-25-13-3-5-16-14(19-13)21-9-11-22(12-10-21)15(24)17-4-2-7-23-8-6-18-20-23/h3,5-6,8H,2,4,7,9-12H2,1H3,(H,17,24). The van der Waals surface area contributed by atoms with Crippen molar-refractivity contribution < 1.29 is 9.53 Å². The molecule has 1 fully saturated rings. The zero-order valence-corrected chi connectivity index (χ0v) is 14.2. The third-order valence-corrected chi connectivity index (χ3v) is 3.99. The van der Waals surface area contributed by atoms with Gasteiger partial charge in [-0.1, -0.05) is 5.21 Å². The van der Waals surface area contributed by atoms with E-state index < -0.39 is 0 Å². The van der Waals surface area contributed by atoms with Gasteiger partial charge in [0.1, 0.15) is 0 Å². The lowest BCUT2D eigenvalue weighted by atomic mass is 10.3. The van der Waals surface area contributed by atoms with Gasteiger partial charge in [-0.3, -0.25) is 4.68 Å². The Kier molecular flexibility index (Phi) is 5.60. The van der Waals surface area contributed by atoms with E-state index in [0.717, 1.165) is 13.0 Å². The van der Waals surface area contributed by atoms with E-state index in [0.29, 0.717) is 44.6 Å². The number of anilines is 1. The molecular formula is C15H22N8O2. The van der Waals surface area contributed by atoms with Crippen LogP contribution in [0.25, 0.3) is 0 Å². The third kappa shape index (κ3) is 4.55. The summed E-state index contributed by atoms with van der Waals surface area (Å²) in [6, 6.07) is 1.68. The fraction of sp³-hybridized carbons (Fsp3) is 0.533. The molecule has 0 unspecified atom stereocenters. The monoisotopic (exact) mass is 346 g/mol. The Morgan fingerprint density at radius 3 is 2.84 bits per heavy atom. The van der Waals surface area contributed by atoms with Gasteiger partial charge in [-0.05, 0) is 6.42 Å². The van der Waals surface area contributed by atoms with Gasteiger partial charge in [0.05, 0.1) is 13.3 Å². The first-order chi connectivity index (χ1) is 12.3. The predicted octanol–water partition coefficient (Wildman–Crippen LogP) is -0.00140. The summed E-state index contributed by atoms with van der Waals surface area (Å²) in [7, 11) is 1.58. The van der Waals surface area contributed by atoms with Gasteiger partial charge in [0.15, 0.2) is 0 Å². The average Bonchev–Trinajstić information content (AvgIpc) is 3.19. The summed E-state index contributed by atoms with van der Waals surface area (Å²) >= 11 is 0. The Bertz CT molecular complexity index is 670. The highest BCUT2D eigenvalue weighted by Gasteiger charge is 2.22. The molecule has 134 valence electrons. The van der Waals surface area contributed by atoms with E-state index in [2.05, 4.69) is 30.5 Å². The number of aromatic nitrogens is 5. The van der Waals surface area contributed by atoms with Crippen molar-refractivity contribution >= 4 is 12.0 Å². The van der Waals surface area contributed by atoms with Crippen molar-refractivity contribution in [3.05, 3.63) is 24.7 Å². The number of methoxy groups -OCH3 is 1. The number of aryl methyl sites for hydroxylation is 1. The Morgan fingerprint density at radius 2 is 2.12 bits per heavy atom. The number of urea groups is 1. The number of nitrogens with zero attached hydrogens (tertiary/aromatic N) is 7. The number of rotatable bonds is 6. The molecule has 2 aromatic rings. The second-order valence-electron chi connectivity index (χ2n) is 5.62. The van der Waals surface area contributed by atoms with Gasteiger partial charge in [-0.15, -0.1) is 5.10 Å². The van der Waals surface area contributed by atoms with E-state index in [1.54, 1.807) is 30.3 Å². The van der Waals surface area contributed by atoms with Gasteiger partial charge in [0.2, 0.25) is 11.8 Å². The highest BCUT2D eigenvalue weighted by atomic mass is 16.5. The number of hydrogen-bond donors (Lipinski definition) is 1. The maximum absolute atomic E-state index is 12.2. The van der Waals surface area contributed by atoms with Crippen LogP contribution in [0.15, 0.2) is 24.7 Å². The first-order valence-corrected chi connectivity index (χ1v) is 8.25. The van der Waals surface area contributed by atoms with E-state index in [9.17, 15) is 4.79 Å². The maximum Gasteiger partial charge on any atom is 0.317 e. The van der Waals surface area contributed by atoms with Crippen LogP contribution in [-0.4, -0.2) is 75.7 Å². The second-order valence-corrected chi connectivity index (χ2v) is 5.62. The molecule has 25 heavy (non-hydrogen) atoms. The van der Waals surface area contributed by atoms with Gasteiger partial charge >= 0.3 is 6.03 Å². The number of amides is 2. The van der Waals surface area contributed by atoms with Gasteiger partial charge in [0, 0.05) is 57.7 Å². The third-order valence-electron chi connectivity index (χ3n) is 3.99. The zero-order valence-electron chi connectivity index (χ0n) is 14.2. The molecule has 0 atom stereocenters. The maximum atomic E-state index is 12.2. The van der Waals surface area contributed by atoms with Crippen LogP contribution in [-0.2, 0) is 6.54 Å². The topological polar surface area (TPSA) is 101 Å². The van der Waals surface area contributed by atoms with E-state index in [1.807, 2.05) is 11.1 Å². The smallest absolute Gasteiger partial charge is 0.317 e. The molecule has 0 aromatic carbocycles. The van der Waals surface area contributed by atoms with Crippen molar-refractivity contribution in [3.8, 4) is 5.88 Å². The number of carbonyl (C=O) groups is 1. The quantitative estimate of drug-likeness (QED) is 0.735. The minimum absolute atomic E-state index is 0.0372. The van der Waals surface area contributed by atoms with Crippen LogP contribution in [0.1, 0.15) is 6.42 Å². The molecule has 1 aliphatic rings. The Hall–Kier alpha value is -2.91.